The summed E-state index contributed by atoms with van der Waals surface area (Å²) in [6.07, 6.45) is -0.857. The van der Waals surface area contributed by atoms with E-state index < -0.39 is 28.2 Å². The van der Waals surface area contributed by atoms with Crippen LogP contribution in [0.15, 0.2) is 12.1 Å². The molecule has 1 rings (SSSR count). The van der Waals surface area contributed by atoms with Gasteiger partial charge < -0.3 is 14.6 Å². The van der Waals surface area contributed by atoms with Gasteiger partial charge in [0.05, 0.1) is 18.1 Å². The Labute approximate surface area is 107 Å². The molecule has 0 aromatic heterocycles. The number of hydrogen-bond acceptors (Lipinski definition) is 6. The van der Waals surface area contributed by atoms with E-state index in [1.165, 1.54) is 14.0 Å². The van der Waals surface area contributed by atoms with Gasteiger partial charge in [0, 0.05) is 6.07 Å². The van der Waals surface area contributed by atoms with Crippen LogP contribution in [0.2, 0.25) is 0 Å². The average molecular weight is 266 g/mol. The van der Waals surface area contributed by atoms with Gasteiger partial charge in [-0.1, -0.05) is 0 Å². The molecule has 19 heavy (non-hydrogen) atoms. The fraction of sp³-hybridized carbons (Fsp3) is 0.273. The largest absolute Gasteiger partial charge is 0.493 e. The first-order valence-corrected chi connectivity index (χ1v) is 5.06. The molecule has 0 aliphatic heterocycles. The van der Waals surface area contributed by atoms with Crippen LogP contribution in [0.5, 0.6) is 11.5 Å². The Morgan fingerprint density at radius 3 is 2.58 bits per heavy atom. The van der Waals surface area contributed by atoms with Crippen molar-refractivity contribution < 1.29 is 24.3 Å². The van der Waals surface area contributed by atoms with E-state index >= 15 is 0 Å². The minimum Gasteiger partial charge on any atom is -0.493 e. The highest BCUT2D eigenvalue weighted by molar-refractivity contribution is 5.93. The number of nitro groups is 1. The Bertz CT molecular complexity index is 563. The van der Waals surface area contributed by atoms with Crippen molar-refractivity contribution in [1.29, 1.82) is 5.26 Å². The van der Waals surface area contributed by atoms with E-state index in [9.17, 15) is 14.9 Å². The van der Waals surface area contributed by atoms with Crippen molar-refractivity contribution in [3.63, 3.8) is 0 Å². The van der Waals surface area contributed by atoms with Crippen molar-refractivity contribution in [1.82, 2.24) is 0 Å². The highest BCUT2D eigenvalue weighted by Gasteiger charge is 2.25. The number of carbonyl (C=O) groups is 1. The van der Waals surface area contributed by atoms with Crippen LogP contribution in [-0.4, -0.2) is 29.2 Å². The number of rotatable bonds is 5. The van der Waals surface area contributed by atoms with Crippen LogP contribution in [0.4, 0.5) is 5.69 Å². The molecule has 0 radical (unpaired) electrons. The van der Waals surface area contributed by atoms with Crippen molar-refractivity contribution in [3.8, 4) is 17.6 Å². The maximum atomic E-state index is 10.9. The van der Waals surface area contributed by atoms with Gasteiger partial charge in [-0.25, -0.2) is 4.79 Å². The van der Waals surface area contributed by atoms with Gasteiger partial charge in [-0.15, -0.1) is 0 Å². The Hall–Kier alpha value is -2.82. The quantitative estimate of drug-likeness (QED) is 0.634. The number of aromatic carboxylic acids is 1. The van der Waals surface area contributed by atoms with Crippen LogP contribution in [0, 0.1) is 21.4 Å². The lowest BCUT2D eigenvalue weighted by Gasteiger charge is -2.12. The number of carboxylic acids is 1. The van der Waals surface area contributed by atoms with Gasteiger partial charge in [-0.05, 0) is 6.92 Å². The maximum Gasteiger partial charge on any atom is 0.342 e. The van der Waals surface area contributed by atoms with Gasteiger partial charge in [0.25, 0.3) is 5.69 Å². The number of nitriles is 1. The second-order valence-corrected chi connectivity index (χ2v) is 3.47. The zero-order valence-corrected chi connectivity index (χ0v) is 10.1. The molecule has 100 valence electrons. The first kappa shape index (κ1) is 14.2. The smallest absolute Gasteiger partial charge is 0.342 e. The number of benzene rings is 1. The number of nitro benzene ring substituents is 1. The minimum atomic E-state index is -1.45. The number of hydrogen-bond donors (Lipinski definition) is 1. The summed E-state index contributed by atoms with van der Waals surface area (Å²) in [5.41, 5.74) is -1.15. The third kappa shape index (κ3) is 3.10. The Kier molecular flexibility index (Phi) is 4.26. The van der Waals surface area contributed by atoms with E-state index in [4.69, 9.17) is 19.8 Å². The monoisotopic (exact) mass is 266 g/mol. The van der Waals surface area contributed by atoms with Gasteiger partial charge in [0.15, 0.2) is 17.6 Å². The second-order valence-electron chi connectivity index (χ2n) is 3.47. The van der Waals surface area contributed by atoms with Gasteiger partial charge in [-0.2, -0.15) is 5.26 Å². The third-order valence-electron chi connectivity index (χ3n) is 2.19. The molecule has 0 saturated carbocycles. The lowest BCUT2D eigenvalue weighted by atomic mass is 10.1. The third-order valence-corrected chi connectivity index (χ3v) is 2.19. The van der Waals surface area contributed by atoms with Crippen LogP contribution in [0.3, 0.4) is 0 Å². The molecule has 0 heterocycles. The summed E-state index contributed by atoms with van der Waals surface area (Å²) in [6, 6.07) is 3.70. The van der Waals surface area contributed by atoms with E-state index in [0.717, 1.165) is 12.1 Å². The highest BCUT2D eigenvalue weighted by Crippen LogP contribution is 2.35. The number of nitrogens with zero attached hydrogens (tertiary/aromatic N) is 2. The number of methoxy groups -OCH3 is 1. The summed E-state index contributed by atoms with van der Waals surface area (Å²) in [7, 11) is 1.26. The van der Waals surface area contributed by atoms with E-state index in [1.807, 2.05) is 0 Å². The molecule has 0 aliphatic carbocycles. The zero-order valence-electron chi connectivity index (χ0n) is 10.1. The Morgan fingerprint density at radius 2 is 2.16 bits per heavy atom. The molecule has 0 fully saturated rings. The summed E-state index contributed by atoms with van der Waals surface area (Å²) in [4.78, 5) is 20.9. The topological polar surface area (TPSA) is 123 Å². The van der Waals surface area contributed by atoms with Crippen molar-refractivity contribution in [2.75, 3.05) is 7.11 Å². The van der Waals surface area contributed by atoms with Crippen LogP contribution in [0.1, 0.15) is 17.3 Å². The van der Waals surface area contributed by atoms with Gasteiger partial charge >= 0.3 is 5.97 Å². The summed E-state index contributed by atoms with van der Waals surface area (Å²) in [5.74, 6) is -1.51. The fourth-order valence-electron chi connectivity index (χ4n) is 1.34. The minimum absolute atomic E-state index is 0.00472. The Balaban J connectivity index is 3.40. The SMILES string of the molecule is COc1cc(C(=O)O)c([N+](=O)[O-])cc1OC(C)C#N. The molecule has 0 saturated heterocycles. The molecule has 8 nitrogen and oxygen atoms in total. The fourth-order valence-corrected chi connectivity index (χ4v) is 1.34. The first-order chi connectivity index (χ1) is 8.90. The summed E-state index contributed by atoms with van der Waals surface area (Å²) < 4.78 is 10.0. The van der Waals surface area contributed by atoms with Gasteiger partial charge in [-0.3, -0.25) is 10.1 Å². The lowest BCUT2D eigenvalue weighted by Crippen LogP contribution is -2.11. The molecule has 0 bridgehead atoms. The van der Waals surface area contributed by atoms with E-state index in [-0.39, 0.29) is 11.5 Å². The highest BCUT2D eigenvalue weighted by atomic mass is 16.6. The number of ether oxygens (including phenoxy) is 2. The van der Waals surface area contributed by atoms with Crippen molar-refractivity contribution in [2.45, 2.75) is 13.0 Å². The van der Waals surface area contributed by atoms with Crippen LogP contribution < -0.4 is 9.47 Å². The molecule has 1 aromatic carbocycles. The molecule has 0 spiro atoms. The van der Waals surface area contributed by atoms with Crippen LogP contribution in [-0.2, 0) is 0 Å². The maximum absolute atomic E-state index is 10.9. The molecular formula is C11H10N2O6. The summed E-state index contributed by atoms with van der Waals surface area (Å²) >= 11 is 0. The summed E-state index contributed by atoms with van der Waals surface area (Å²) in [6.45, 7) is 1.44. The standard InChI is InChI=1S/C11H10N2O6/c1-6(5-12)19-10-4-8(13(16)17)7(11(14)15)3-9(10)18-2/h3-4,6H,1-2H3,(H,14,15). The first-order valence-electron chi connectivity index (χ1n) is 5.06. The second kappa shape index (κ2) is 5.68. The van der Waals surface area contributed by atoms with Crippen LogP contribution >= 0.6 is 0 Å². The predicted octanol–water partition coefficient (Wildman–Crippen LogP) is 1.59. The normalized spacial score (nSPS) is 11.2. The summed E-state index contributed by atoms with van der Waals surface area (Å²) in [5, 5.41) is 28.4. The van der Waals surface area contributed by atoms with Crippen molar-refractivity contribution >= 4 is 11.7 Å². The molecule has 1 atom stereocenters. The Morgan fingerprint density at radius 1 is 1.53 bits per heavy atom. The molecule has 0 aliphatic rings. The number of carboxylic acid groups (broad SMARTS) is 1. The average Bonchev–Trinajstić information content (AvgIpc) is 2.37. The van der Waals surface area contributed by atoms with E-state index in [2.05, 4.69) is 0 Å². The van der Waals surface area contributed by atoms with E-state index in [0.29, 0.717) is 0 Å². The van der Waals surface area contributed by atoms with Gasteiger partial charge in [0.1, 0.15) is 11.6 Å². The van der Waals surface area contributed by atoms with Crippen molar-refractivity contribution in [2.24, 2.45) is 0 Å². The molecular weight excluding hydrogens is 256 g/mol. The molecule has 1 unspecified atom stereocenters. The van der Waals surface area contributed by atoms with E-state index in [1.54, 1.807) is 6.07 Å². The lowest BCUT2D eigenvalue weighted by molar-refractivity contribution is -0.385. The molecule has 0 amide bonds. The van der Waals surface area contributed by atoms with Crippen LogP contribution in [0.25, 0.3) is 0 Å². The molecule has 1 aromatic rings. The predicted molar refractivity (Wildman–Crippen MR) is 62.3 cm³/mol. The van der Waals surface area contributed by atoms with Gasteiger partial charge in [0.2, 0.25) is 0 Å². The van der Waals surface area contributed by atoms with Crippen molar-refractivity contribution in [3.05, 3.63) is 27.8 Å². The zero-order chi connectivity index (χ0) is 14.6. The molecule has 1 N–H and O–H groups in total. The molecule has 8 heteroatoms.